The van der Waals surface area contributed by atoms with Gasteiger partial charge in [0.15, 0.2) is 5.84 Å². The van der Waals surface area contributed by atoms with Crippen molar-refractivity contribution in [1.29, 1.82) is 0 Å². The van der Waals surface area contributed by atoms with Crippen LogP contribution in [-0.2, 0) is 4.79 Å². The molecule has 0 aromatic rings. The third-order valence-corrected chi connectivity index (χ3v) is 2.39. The number of aliphatic imine (C=N–C) groups is 2. The van der Waals surface area contributed by atoms with Crippen molar-refractivity contribution in [3.63, 3.8) is 0 Å². The van der Waals surface area contributed by atoms with E-state index in [1.54, 1.807) is 0 Å². The van der Waals surface area contributed by atoms with Gasteiger partial charge in [-0.15, -0.1) is 0 Å². The van der Waals surface area contributed by atoms with E-state index in [0.29, 0.717) is 0 Å². The summed E-state index contributed by atoms with van der Waals surface area (Å²) >= 11 is 26.9. The number of alkyl halides is 5. The number of amides is 1. The predicted octanol–water partition coefficient (Wildman–Crippen LogP) is 2.43. The number of amidine groups is 1. The summed E-state index contributed by atoms with van der Waals surface area (Å²) in [6.45, 7) is 0. The standard InChI is InChI=1S/C5HCl5N2O2/c6-4(7)2(13)11-1(5(8,9)10)12-3(4)14/h(H,11,12,13,14). The highest BCUT2D eigenvalue weighted by Gasteiger charge is 2.46. The highest BCUT2D eigenvalue weighted by atomic mass is 35.6. The van der Waals surface area contributed by atoms with Gasteiger partial charge in [0.25, 0.3) is 10.2 Å². The van der Waals surface area contributed by atoms with Crippen LogP contribution >= 0.6 is 58.0 Å². The molecule has 0 saturated carbocycles. The van der Waals surface area contributed by atoms with Crippen molar-refractivity contribution in [2.24, 2.45) is 9.98 Å². The highest BCUT2D eigenvalue weighted by molar-refractivity contribution is 6.78. The second-order valence-electron chi connectivity index (χ2n) is 2.25. The van der Waals surface area contributed by atoms with E-state index in [0.717, 1.165) is 0 Å². The van der Waals surface area contributed by atoms with Gasteiger partial charge in [-0.2, -0.15) is 9.98 Å². The summed E-state index contributed by atoms with van der Waals surface area (Å²) in [5.41, 5.74) is 0. The zero-order valence-electron chi connectivity index (χ0n) is 6.14. The first kappa shape index (κ1) is 12.3. The van der Waals surface area contributed by atoms with Crippen LogP contribution in [0.3, 0.4) is 0 Å². The Morgan fingerprint density at radius 2 is 1.71 bits per heavy atom. The van der Waals surface area contributed by atoms with Crippen molar-refractivity contribution in [3.8, 4) is 0 Å². The van der Waals surface area contributed by atoms with Gasteiger partial charge in [-0.3, -0.25) is 4.79 Å². The van der Waals surface area contributed by atoms with Crippen molar-refractivity contribution >= 4 is 75.6 Å². The average molecular weight is 298 g/mol. The molecule has 1 N–H and O–H groups in total. The third kappa shape index (κ3) is 2.25. The Labute approximate surface area is 103 Å². The Hall–Kier alpha value is 0.260. The minimum Gasteiger partial charge on any atom is -0.494 e. The monoisotopic (exact) mass is 296 g/mol. The summed E-state index contributed by atoms with van der Waals surface area (Å²) in [6.07, 6.45) is 0. The summed E-state index contributed by atoms with van der Waals surface area (Å²) in [5.74, 6) is -2.42. The van der Waals surface area contributed by atoms with E-state index in [9.17, 15) is 4.79 Å². The van der Waals surface area contributed by atoms with Crippen LogP contribution in [0.4, 0.5) is 0 Å². The molecule has 0 fully saturated rings. The Morgan fingerprint density at radius 1 is 1.21 bits per heavy atom. The first-order valence-electron chi connectivity index (χ1n) is 3.02. The molecule has 0 unspecified atom stereocenters. The molecule has 78 valence electrons. The topological polar surface area (TPSA) is 62.0 Å². The molecule has 14 heavy (non-hydrogen) atoms. The SMILES string of the molecule is O=C1N=C(C(Cl)(Cl)Cl)N=C(O)C1(Cl)Cl. The summed E-state index contributed by atoms with van der Waals surface area (Å²) in [7, 11) is 0. The zero-order chi connectivity index (χ0) is 11.1. The minimum absolute atomic E-state index is 0.484. The van der Waals surface area contributed by atoms with Gasteiger partial charge in [0.2, 0.25) is 9.69 Å². The summed E-state index contributed by atoms with van der Waals surface area (Å²) in [6, 6.07) is 0. The third-order valence-electron chi connectivity index (χ3n) is 1.22. The number of aliphatic hydroxyl groups is 1. The van der Waals surface area contributed by atoms with E-state index in [-0.39, 0.29) is 0 Å². The van der Waals surface area contributed by atoms with Gasteiger partial charge in [0.1, 0.15) is 0 Å². The Balaban J connectivity index is 3.16. The van der Waals surface area contributed by atoms with Crippen LogP contribution < -0.4 is 0 Å². The Kier molecular flexibility index (Phi) is 3.24. The van der Waals surface area contributed by atoms with Gasteiger partial charge in [0, 0.05) is 0 Å². The van der Waals surface area contributed by atoms with Crippen LogP contribution in [0.1, 0.15) is 0 Å². The molecule has 1 aliphatic rings. The van der Waals surface area contributed by atoms with Crippen molar-refractivity contribution in [3.05, 3.63) is 0 Å². The summed E-state index contributed by atoms with van der Waals surface area (Å²) in [4.78, 5) is 17.6. The zero-order valence-corrected chi connectivity index (χ0v) is 9.92. The van der Waals surface area contributed by atoms with E-state index >= 15 is 0 Å². The summed E-state index contributed by atoms with van der Waals surface area (Å²) in [5, 5.41) is 9.15. The average Bonchev–Trinajstić information content (AvgIpc) is 1.98. The fourth-order valence-electron chi connectivity index (χ4n) is 0.584. The number of carbonyl (C=O) groups excluding carboxylic acids is 1. The second kappa shape index (κ2) is 3.68. The molecule has 0 saturated heterocycles. The lowest BCUT2D eigenvalue weighted by Crippen LogP contribution is -2.40. The van der Waals surface area contributed by atoms with Crippen molar-refractivity contribution in [1.82, 2.24) is 0 Å². The number of nitrogens with zero attached hydrogens (tertiary/aromatic N) is 2. The van der Waals surface area contributed by atoms with Gasteiger partial charge < -0.3 is 5.11 Å². The molecule has 1 aliphatic heterocycles. The number of carbonyl (C=O) groups is 1. The summed E-state index contributed by atoms with van der Waals surface area (Å²) < 4.78 is -4.23. The lowest BCUT2D eigenvalue weighted by molar-refractivity contribution is -0.117. The molecule has 9 heteroatoms. The van der Waals surface area contributed by atoms with Gasteiger partial charge in [0.05, 0.1) is 0 Å². The van der Waals surface area contributed by atoms with Crippen molar-refractivity contribution in [2.75, 3.05) is 0 Å². The molecular formula is C5HCl5N2O2. The van der Waals surface area contributed by atoms with Gasteiger partial charge in [-0.1, -0.05) is 58.0 Å². The maximum Gasteiger partial charge on any atom is 0.293 e. The fraction of sp³-hybridized carbons (Fsp3) is 0.400. The van der Waals surface area contributed by atoms with Crippen LogP contribution in [0.25, 0.3) is 0 Å². The first-order valence-corrected chi connectivity index (χ1v) is 4.91. The molecule has 0 atom stereocenters. The molecule has 1 heterocycles. The van der Waals surface area contributed by atoms with Gasteiger partial charge >= 0.3 is 0 Å². The molecule has 0 aromatic heterocycles. The molecule has 1 rings (SSSR count). The molecular weight excluding hydrogens is 297 g/mol. The van der Waals surface area contributed by atoms with Crippen LogP contribution in [-0.4, -0.2) is 30.9 Å². The number of hydrogen-bond donors (Lipinski definition) is 1. The van der Waals surface area contributed by atoms with E-state index in [4.69, 9.17) is 63.1 Å². The minimum atomic E-state index is -2.21. The highest BCUT2D eigenvalue weighted by Crippen LogP contribution is 2.34. The maximum absolute atomic E-state index is 11.1. The normalized spacial score (nSPS) is 21.6. The van der Waals surface area contributed by atoms with Crippen LogP contribution in [0.5, 0.6) is 0 Å². The predicted molar refractivity (Wildman–Crippen MR) is 57.2 cm³/mol. The molecule has 0 bridgehead atoms. The lowest BCUT2D eigenvalue weighted by atomic mass is 10.3. The quantitative estimate of drug-likeness (QED) is 0.698. The van der Waals surface area contributed by atoms with E-state index in [2.05, 4.69) is 9.98 Å². The van der Waals surface area contributed by atoms with E-state index < -0.39 is 25.8 Å². The van der Waals surface area contributed by atoms with E-state index in [1.165, 1.54) is 0 Å². The molecule has 0 spiro atoms. The van der Waals surface area contributed by atoms with E-state index in [1.807, 2.05) is 0 Å². The second-order valence-corrected chi connectivity index (χ2v) is 5.86. The number of aliphatic hydroxyl groups excluding tert-OH is 1. The lowest BCUT2D eigenvalue weighted by Gasteiger charge is -2.20. The smallest absolute Gasteiger partial charge is 0.293 e. The van der Waals surface area contributed by atoms with Crippen LogP contribution in [0, 0.1) is 0 Å². The molecule has 0 radical (unpaired) electrons. The number of hydrogen-bond acceptors (Lipinski definition) is 2. The molecule has 4 nitrogen and oxygen atoms in total. The molecule has 0 aromatic carbocycles. The fourth-order valence-corrected chi connectivity index (χ4v) is 1.01. The largest absolute Gasteiger partial charge is 0.494 e. The van der Waals surface area contributed by atoms with Gasteiger partial charge in [-0.05, 0) is 0 Å². The van der Waals surface area contributed by atoms with Crippen molar-refractivity contribution < 1.29 is 9.90 Å². The Morgan fingerprint density at radius 3 is 2.07 bits per heavy atom. The molecule has 0 aliphatic carbocycles. The Bertz CT molecular complexity index is 343. The van der Waals surface area contributed by atoms with Gasteiger partial charge in [-0.25, -0.2) is 0 Å². The van der Waals surface area contributed by atoms with Crippen LogP contribution in [0.2, 0.25) is 0 Å². The molecule has 1 amide bonds. The number of rotatable bonds is 0. The van der Waals surface area contributed by atoms with Crippen molar-refractivity contribution in [2.45, 2.75) is 8.13 Å². The van der Waals surface area contributed by atoms with Crippen LogP contribution in [0.15, 0.2) is 9.98 Å². The number of halogens is 5. The first-order chi connectivity index (χ1) is 6.15. The maximum atomic E-state index is 11.1.